The zero-order valence-corrected chi connectivity index (χ0v) is 12.4. The van der Waals surface area contributed by atoms with Crippen LogP contribution in [0.2, 0.25) is 0 Å². The highest BCUT2D eigenvalue weighted by Crippen LogP contribution is 2.49. The van der Waals surface area contributed by atoms with Crippen molar-refractivity contribution in [3.63, 3.8) is 0 Å². The molecule has 2 atom stereocenters. The number of hydrazone groups is 1. The monoisotopic (exact) mass is 280 g/mol. The zero-order chi connectivity index (χ0) is 14.4. The lowest BCUT2D eigenvalue weighted by Gasteiger charge is -2.40. The summed E-state index contributed by atoms with van der Waals surface area (Å²) < 4.78 is 0. The van der Waals surface area contributed by atoms with E-state index in [0.29, 0.717) is 0 Å². The second-order valence-corrected chi connectivity index (χ2v) is 6.40. The van der Waals surface area contributed by atoms with Gasteiger partial charge >= 0.3 is 0 Å². The molecule has 1 aromatic carbocycles. The first kappa shape index (κ1) is 12.8. The molecule has 0 amide bonds. The first-order valence-electron chi connectivity index (χ1n) is 7.87. The minimum atomic E-state index is -0.113. The van der Waals surface area contributed by atoms with Gasteiger partial charge in [0, 0.05) is 6.54 Å². The fourth-order valence-electron chi connectivity index (χ4n) is 4.19. The van der Waals surface area contributed by atoms with E-state index in [0.717, 1.165) is 31.5 Å². The lowest BCUT2D eigenvalue weighted by Crippen LogP contribution is -2.54. The number of aryl methyl sites for hydroxylation is 1. The molecule has 1 saturated heterocycles. The molecule has 0 aromatic heterocycles. The van der Waals surface area contributed by atoms with E-state index >= 15 is 0 Å². The number of rotatable bonds is 1. The van der Waals surface area contributed by atoms with Crippen LogP contribution in [0.3, 0.4) is 0 Å². The molecular weight excluding hydrogens is 260 g/mol. The van der Waals surface area contributed by atoms with Gasteiger partial charge in [-0.2, -0.15) is 20.5 Å². The topological polar surface area (TPSA) is 42.6 Å². The van der Waals surface area contributed by atoms with Crippen molar-refractivity contribution in [3.8, 4) is 6.07 Å². The smallest absolute Gasteiger partial charge is 0.0979 e. The van der Waals surface area contributed by atoms with E-state index in [2.05, 4.69) is 47.4 Å². The number of benzene rings is 1. The van der Waals surface area contributed by atoms with Crippen molar-refractivity contribution in [3.05, 3.63) is 29.8 Å². The Morgan fingerprint density at radius 3 is 2.86 bits per heavy atom. The summed E-state index contributed by atoms with van der Waals surface area (Å²) in [5, 5.41) is 18.9. The minimum absolute atomic E-state index is 0.0898. The van der Waals surface area contributed by atoms with Crippen LogP contribution >= 0.6 is 0 Å². The van der Waals surface area contributed by atoms with E-state index < -0.39 is 0 Å². The van der Waals surface area contributed by atoms with Crippen LogP contribution in [-0.2, 0) is 0 Å². The summed E-state index contributed by atoms with van der Waals surface area (Å²) in [6.07, 6.45) is 5.48. The van der Waals surface area contributed by atoms with Gasteiger partial charge in [0.25, 0.3) is 0 Å². The highest BCUT2D eigenvalue weighted by molar-refractivity contribution is 5.98. The van der Waals surface area contributed by atoms with Gasteiger partial charge in [0.15, 0.2) is 0 Å². The van der Waals surface area contributed by atoms with Crippen LogP contribution in [0.25, 0.3) is 0 Å². The number of anilines is 1. The summed E-state index contributed by atoms with van der Waals surface area (Å²) in [7, 11) is 0. The van der Waals surface area contributed by atoms with E-state index in [1.807, 2.05) is 0 Å². The van der Waals surface area contributed by atoms with Gasteiger partial charge in [-0.3, -0.25) is 0 Å². The molecule has 1 aromatic rings. The first-order chi connectivity index (χ1) is 10.3. The molecule has 2 fully saturated rings. The Labute approximate surface area is 125 Å². The van der Waals surface area contributed by atoms with Crippen molar-refractivity contribution >= 4 is 11.4 Å². The second-order valence-electron chi connectivity index (χ2n) is 6.40. The van der Waals surface area contributed by atoms with Crippen LogP contribution in [0.5, 0.6) is 0 Å². The highest BCUT2D eigenvalue weighted by Gasteiger charge is 2.59. The van der Waals surface area contributed by atoms with Crippen LogP contribution in [0.4, 0.5) is 5.69 Å². The summed E-state index contributed by atoms with van der Waals surface area (Å²) in [6, 6.07) is 11.1. The lowest BCUT2D eigenvalue weighted by molar-refractivity contribution is 0.170. The summed E-state index contributed by atoms with van der Waals surface area (Å²) in [5.41, 5.74) is 3.49. The Morgan fingerprint density at radius 2 is 2.10 bits per heavy atom. The Morgan fingerprint density at radius 1 is 1.29 bits per heavy atom. The van der Waals surface area contributed by atoms with Crippen molar-refractivity contribution in [1.82, 2.24) is 5.01 Å². The molecule has 21 heavy (non-hydrogen) atoms. The van der Waals surface area contributed by atoms with Crippen LogP contribution in [0, 0.1) is 24.2 Å². The molecule has 4 nitrogen and oxygen atoms in total. The van der Waals surface area contributed by atoms with Crippen LogP contribution in [-0.4, -0.2) is 22.8 Å². The maximum absolute atomic E-state index is 9.59. The van der Waals surface area contributed by atoms with Gasteiger partial charge < -0.3 is 0 Å². The average Bonchev–Trinajstić information content (AvgIpc) is 3.01. The van der Waals surface area contributed by atoms with Gasteiger partial charge in [-0.1, -0.05) is 24.1 Å². The number of nitrogens with zero attached hydrogens (tertiary/aromatic N) is 4. The van der Waals surface area contributed by atoms with Crippen LogP contribution in [0.1, 0.15) is 37.7 Å². The van der Waals surface area contributed by atoms with Crippen molar-refractivity contribution in [2.24, 2.45) is 11.0 Å². The zero-order valence-electron chi connectivity index (χ0n) is 12.4. The third-order valence-electron chi connectivity index (χ3n) is 5.25. The molecule has 1 spiro atoms. The summed E-state index contributed by atoms with van der Waals surface area (Å²) in [4.78, 5) is 0. The van der Waals surface area contributed by atoms with Gasteiger partial charge in [0.1, 0.15) is 0 Å². The Hall–Kier alpha value is -1.86. The fraction of sp³-hybridized carbons (Fsp3) is 0.529. The number of nitriles is 1. The number of hydrazine groups is 1. The van der Waals surface area contributed by atoms with E-state index in [1.54, 1.807) is 0 Å². The van der Waals surface area contributed by atoms with E-state index in [1.165, 1.54) is 24.1 Å². The summed E-state index contributed by atoms with van der Waals surface area (Å²) in [5.74, 6) is 0.0898. The molecule has 108 valence electrons. The standard InChI is InChI=1S/C17H20N4/c1-13-5-7-15(8-6-13)21-19-16-4-2-3-10-17(16)14(12-18)9-11-20(17)21/h5-8,14H,2-4,9-11H2,1H3/t14-,17+/m0/s1. The Balaban J connectivity index is 1.77. The van der Waals surface area contributed by atoms with E-state index in [4.69, 9.17) is 5.10 Å². The Bertz CT molecular complexity index is 627. The fourth-order valence-corrected chi connectivity index (χ4v) is 4.19. The maximum Gasteiger partial charge on any atom is 0.0979 e. The van der Waals surface area contributed by atoms with Gasteiger partial charge in [0.05, 0.1) is 28.9 Å². The number of hydrogen-bond acceptors (Lipinski definition) is 4. The summed E-state index contributed by atoms with van der Waals surface area (Å²) in [6.45, 7) is 3.03. The molecule has 4 rings (SSSR count). The van der Waals surface area contributed by atoms with Crippen molar-refractivity contribution in [1.29, 1.82) is 5.26 Å². The van der Waals surface area contributed by atoms with Crippen molar-refractivity contribution in [2.75, 3.05) is 11.7 Å². The first-order valence-corrected chi connectivity index (χ1v) is 7.87. The molecule has 0 radical (unpaired) electrons. The SMILES string of the molecule is Cc1ccc(N2N=C3CCCC[C@@]34[C@H](C#N)CCN24)cc1. The van der Waals surface area contributed by atoms with Gasteiger partial charge in [-0.25, -0.2) is 0 Å². The molecule has 2 aliphatic heterocycles. The Kier molecular flexibility index (Phi) is 2.80. The second kappa shape index (κ2) is 4.57. The molecular formula is C17H20N4. The minimum Gasteiger partial charge on any atom is -0.198 e. The average molecular weight is 280 g/mol. The molecule has 1 aliphatic carbocycles. The van der Waals surface area contributed by atoms with E-state index in [-0.39, 0.29) is 11.5 Å². The van der Waals surface area contributed by atoms with Crippen molar-refractivity contribution < 1.29 is 0 Å². The normalized spacial score (nSPS) is 31.5. The molecule has 1 saturated carbocycles. The van der Waals surface area contributed by atoms with Gasteiger partial charge in [-0.05, 0) is 44.7 Å². The third kappa shape index (κ3) is 1.67. The molecule has 4 heteroatoms. The van der Waals surface area contributed by atoms with Crippen LogP contribution < -0.4 is 5.12 Å². The predicted molar refractivity (Wildman–Crippen MR) is 82.7 cm³/mol. The van der Waals surface area contributed by atoms with Gasteiger partial charge in [-0.15, -0.1) is 0 Å². The van der Waals surface area contributed by atoms with Gasteiger partial charge in [0.2, 0.25) is 0 Å². The van der Waals surface area contributed by atoms with E-state index in [9.17, 15) is 5.26 Å². The van der Waals surface area contributed by atoms with Crippen LogP contribution in [0.15, 0.2) is 29.4 Å². The number of hydrogen-bond donors (Lipinski definition) is 0. The molecule has 0 unspecified atom stereocenters. The molecule has 2 heterocycles. The summed E-state index contributed by atoms with van der Waals surface area (Å²) >= 11 is 0. The third-order valence-corrected chi connectivity index (χ3v) is 5.25. The largest absolute Gasteiger partial charge is 0.198 e. The molecule has 3 aliphatic rings. The lowest BCUT2D eigenvalue weighted by atomic mass is 9.73. The highest BCUT2D eigenvalue weighted by atomic mass is 15.8. The quantitative estimate of drug-likeness (QED) is 0.793. The molecule has 0 N–H and O–H groups in total. The predicted octanol–water partition coefficient (Wildman–Crippen LogP) is 3.24. The maximum atomic E-state index is 9.59. The van der Waals surface area contributed by atoms with Crippen molar-refractivity contribution in [2.45, 2.75) is 44.6 Å². The molecule has 0 bridgehead atoms.